The van der Waals surface area contributed by atoms with E-state index in [1.165, 1.54) is 29.3 Å². The molecule has 4 rings (SSSR count). The zero-order chi connectivity index (χ0) is 17.7. The van der Waals surface area contributed by atoms with Crippen molar-refractivity contribution in [1.82, 2.24) is 0 Å². The van der Waals surface area contributed by atoms with Gasteiger partial charge in [-0.15, -0.1) is 0 Å². The Morgan fingerprint density at radius 3 is 2.40 bits per heavy atom. The Morgan fingerprint density at radius 1 is 1.04 bits per heavy atom. The van der Waals surface area contributed by atoms with E-state index in [2.05, 4.69) is 10.3 Å². The number of imide groups is 1. The van der Waals surface area contributed by atoms with Gasteiger partial charge in [0, 0.05) is 5.02 Å². The Hall–Kier alpha value is -2.80. The van der Waals surface area contributed by atoms with Crippen LogP contribution < -0.4 is 9.91 Å². The molecule has 0 N–H and O–H groups in total. The molecule has 0 aliphatic carbocycles. The number of aryl methyl sites for hydroxylation is 1. The molecule has 2 amide bonds. The molecule has 0 bridgehead atoms. The molecule has 0 aromatic heterocycles. The maximum atomic E-state index is 13.1. The molecule has 2 aliphatic heterocycles. The molecule has 0 spiro atoms. The average molecular weight is 359 g/mol. The van der Waals surface area contributed by atoms with Gasteiger partial charge in [-0.2, -0.15) is 5.11 Å². The van der Waals surface area contributed by atoms with E-state index in [0.717, 1.165) is 10.5 Å². The molecule has 126 valence electrons. The van der Waals surface area contributed by atoms with Gasteiger partial charge in [-0.25, -0.2) is 14.3 Å². The molecule has 8 heteroatoms. The van der Waals surface area contributed by atoms with Crippen molar-refractivity contribution < 1.29 is 14.0 Å². The number of benzene rings is 2. The van der Waals surface area contributed by atoms with Crippen molar-refractivity contribution in [3.05, 3.63) is 58.9 Å². The normalized spacial score (nSPS) is 22.0. The zero-order valence-corrected chi connectivity index (χ0v) is 13.8. The minimum Gasteiger partial charge on any atom is -0.271 e. The van der Waals surface area contributed by atoms with Crippen molar-refractivity contribution in [3.63, 3.8) is 0 Å². The van der Waals surface area contributed by atoms with Crippen LogP contribution in [0.4, 0.5) is 15.8 Å². The van der Waals surface area contributed by atoms with Crippen LogP contribution in [0.2, 0.25) is 5.02 Å². The van der Waals surface area contributed by atoms with Gasteiger partial charge in [-0.1, -0.05) is 22.9 Å². The van der Waals surface area contributed by atoms with Gasteiger partial charge in [0.2, 0.25) is 0 Å². The van der Waals surface area contributed by atoms with E-state index in [4.69, 9.17) is 11.6 Å². The van der Waals surface area contributed by atoms with Crippen molar-refractivity contribution >= 4 is 34.8 Å². The third-order valence-corrected chi connectivity index (χ3v) is 4.69. The molecular formula is C17H12ClFN4O2. The molecule has 1 fully saturated rings. The van der Waals surface area contributed by atoms with Gasteiger partial charge in [-0.3, -0.25) is 9.59 Å². The lowest BCUT2D eigenvalue weighted by atomic mass is 10.1. The maximum absolute atomic E-state index is 13.1. The lowest BCUT2D eigenvalue weighted by Gasteiger charge is -2.21. The highest BCUT2D eigenvalue weighted by Crippen LogP contribution is 2.36. The average Bonchev–Trinajstić information content (AvgIpc) is 3.13. The number of fused-ring (bicyclic) bond motifs is 1. The molecule has 0 unspecified atom stereocenters. The summed E-state index contributed by atoms with van der Waals surface area (Å²) in [7, 11) is 0. The third-order valence-electron chi connectivity index (χ3n) is 4.29. The van der Waals surface area contributed by atoms with Crippen LogP contribution in [0.5, 0.6) is 0 Å². The van der Waals surface area contributed by atoms with Crippen LogP contribution >= 0.6 is 11.6 Å². The number of anilines is 2. The molecular weight excluding hydrogens is 347 g/mol. The van der Waals surface area contributed by atoms with Crippen LogP contribution in [-0.4, -0.2) is 23.9 Å². The van der Waals surface area contributed by atoms with Gasteiger partial charge in [0.05, 0.1) is 11.4 Å². The lowest BCUT2D eigenvalue weighted by Crippen LogP contribution is -2.39. The second-order valence-corrected chi connectivity index (χ2v) is 6.27. The second-order valence-electron chi connectivity index (χ2n) is 5.86. The molecule has 0 radical (unpaired) electrons. The zero-order valence-electron chi connectivity index (χ0n) is 13.1. The maximum Gasteiger partial charge on any atom is 0.263 e. The number of carbonyl (C=O) groups is 2. The number of rotatable bonds is 2. The molecule has 6 nitrogen and oxygen atoms in total. The van der Waals surface area contributed by atoms with E-state index >= 15 is 0 Å². The summed E-state index contributed by atoms with van der Waals surface area (Å²) in [6.07, 6.45) is 0. The van der Waals surface area contributed by atoms with E-state index in [-0.39, 0.29) is 0 Å². The van der Waals surface area contributed by atoms with Crippen LogP contribution in [0.1, 0.15) is 5.56 Å². The van der Waals surface area contributed by atoms with E-state index in [1.807, 2.05) is 6.92 Å². The SMILES string of the molecule is Cc1ccc(N2N=N[C@H]3C(=O)N(c4ccc(F)cc4)C(=O)[C@@H]32)cc1Cl. The summed E-state index contributed by atoms with van der Waals surface area (Å²) in [5.41, 5.74) is 1.77. The summed E-state index contributed by atoms with van der Waals surface area (Å²) < 4.78 is 13.1. The monoisotopic (exact) mass is 358 g/mol. The van der Waals surface area contributed by atoms with Crippen LogP contribution in [0.3, 0.4) is 0 Å². The molecule has 2 atom stereocenters. The first-order chi connectivity index (χ1) is 12.0. The van der Waals surface area contributed by atoms with Gasteiger partial charge in [-0.05, 0) is 48.9 Å². The minimum absolute atomic E-state index is 0.308. The van der Waals surface area contributed by atoms with Crippen molar-refractivity contribution in [1.29, 1.82) is 0 Å². The first-order valence-electron chi connectivity index (χ1n) is 7.57. The topological polar surface area (TPSA) is 65.3 Å². The fourth-order valence-corrected chi connectivity index (χ4v) is 3.12. The number of hydrogen-bond donors (Lipinski definition) is 0. The summed E-state index contributed by atoms with van der Waals surface area (Å²) >= 11 is 6.14. The summed E-state index contributed by atoms with van der Waals surface area (Å²) in [5, 5.41) is 9.86. The van der Waals surface area contributed by atoms with E-state index in [1.54, 1.807) is 18.2 Å². The highest BCUT2D eigenvalue weighted by atomic mass is 35.5. The van der Waals surface area contributed by atoms with Crippen LogP contribution in [0.25, 0.3) is 0 Å². The molecule has 2 aromatic carbocycles. The third kappa shape index (κ3) is 2.39. The largest absolute Gasteiger partial charge is 0.271 e. The van der Waals surface area contributed by atoms with E-state index < -0.39 is 29.7 Å². The summed E-state index contributed by atoms with van der Waals surface area (Å²) in [6, 6.07) is 8.63. The number of nitrogens with zero attached hydrogens (tertiary/aromatic N) is 4. The van der Waals surface area contributed by atoms with Gasteiger partial charge >= 0.3 is 0 Å². The smallest absolute Gasteiger partial charge is 0.263 e. The molecule has 0 saturated carbocycles. The van der Waals surface area contributed by atoms with Crippen molar-refractivity contribution in [2.24, 2.45) is 10.3 Å². The summed E-state index contributed by atoms with van der Waals surface area (Å²) in [5.74, 6) is -1.38. The Bertz CT molecular complexity index is 915. The van der Waals surface area contributed by atoms with Crippen LogP contribution in [0.15, 0.2) is 52.8 Å². The second kappa shape index (κ2) is 5.63. The molecule has 2 aliphatic rings. The standard InChI is InChI=1S/C17H12ClFN4O2/c1-9-2-5-12(8-13(9)18)23-15-14(20-21-23)16(24)22(17(15)25)11-6-3-10(19)4-7-11/h2-8,14-15H,1H3/t14-,15-/m1/s1. The first kappa shape index (κ1) is 15.7. The fourth-order valence-electron chi connectivity index (χ4n) is 2.94. The number of carbonyl (C=O) groups excluding carboxylic acids is 2. The molecule has 1 saturated heterocycles. The molecule has 2 heterocycles. The van der Waals surface area contributed by atoms with Gasteiger partial charge in [0.1, 0.15) is 5.82 Å². The fraction of sp³-hybridized carbons (Fsp3) is 0.176. The predicted octanol–water partition coefficient (Wildman–Crippen LogP) is 3.29. The minimum atomic E-state index is -0.919. The Balaban J connectivity index is 1.70. The Morgan fingerprint density at radius 2 is 1.72 bits per heavy atom. The Kier molecular flexibility index (Phi) is 3.54. The summed E-state index contributed by atoms with van der Waals surface area (Å²) in [6.45, 7) is 1.86. The quantitative estimate of drug-likeness (QED) is 0.774. The molecule has 25 heavy (non-hydrogen) atoms. The van der Waals surface area contributed by atoms with Crippen LogP contribution in [0, 0.1) is 12.7 Å². The van der Waals surface area contributed by atoms with Crippen molar-refractivity contribution in [2.75, 3.05) is 9.91 Å². The van der Waals surface area contributed by atoms with Crippen molar-refractivity contribution in [2.45, 2.75) is 19.0 Å². The number of halogens is 2. The predicted molar refractivity (Wildman–Crippen MR) is 90.0 cm³/mol. The van der Waals surface area contributed by atoms with Crippen LogP contribution in [-0.2, 0) is 9.59 Å². The highest BCUT2D eigenvalue weighted by molar-refractivity contribution is 6.31. The van der Waals surface area contributed by atoms with E-state index in [0.29, 0.717) is 16.4 Å². The first-order valence-corrected chi connectivity index (χ1v) is 7.95. The lowest BCUT2D eigenvalue weighted by molar-refractivity contribution is -0.121. The van der Waals surface area contributed by atoms with Gasteiger partial charge < -0.3 is 0 Å². The summed E-state index contributed by atoms with van der Waals surface area (Å²) in [4.78, 5) is 26.4. The molecule has 2 aromatic rings. The number of amides is 2. The highest BCUT2D eigenvalue weighted by Gasteiger charge is 2.55. The Labute approximate surface area is 147 Å². The van der Waals surface area contributed by atoms with Gasteiger partial charge in [0.25, 0.3) is 11.8 Å². The van der Waals surface area contributed by atoms with E-state index in [9.17, 15) is 14.0 Å². The van der Waals surface area contributed by atoms with Gasteiger partial charge in [0.15, 0.2) is 12.1 Å². The number of hydrogen-bond acceptors (Lipinski definition) is 5. The van der Waals surface area contributed by atoms with Crippen molar-refractivity contribution in [3.8, 4) is 0 Å².